The molecule has 2 N–H and O–H groups in total. The first-order chi connectivity index (χ1) is 12.4. The molecule has 0 bridgehead atoms. The Labute approximate surface area is 156 Å². The Kier molecular flexibility index (Phi) is 5.99. The second-order valence-corrected chi connectivity index (χ2v) is 9.44. The number of likely N-dealkylation sites (tertiary alicyclic amines) is 1. The van der Waals surface area contributed by atoms with Gasteiger partial charge in [-0.25, -0.2) is 8.42 Å². The normalized spacial score (nSPS) is 25.2. The van der Waals surface area contributed by atoms with Crippen LogP contribution in [0.3, 0.4) is 0 Å². The molecular formula is C19H29N3O3S. The van der Waals surface area contributed by atoms with Gasteiger partial charge in [-0.1, -0.05) is 13.3 Å². The summed E-state index contributed by atoms with van der Waals surface area (Å²) in [6.45, 7) is 4.50. The van der Waals surface area contributed by atoms with Crippen LogP contribution in [0.1, 0.15) is 49.4 Å². The molecule has 0 spiro atoms. The maximum absolute atomic E-state index is 12.8. The lowest BCUT2D eigenvalue weighted by atomic mass is 9.92. The lowest BCUT2D eigenvalue weighted by molar-refractivity contribution is 0.0573. The zero-order valence-corrected chi connectivity index (χ0v) is 16.2. The number of nitrogens with zero attached hydrogens (tertiary/aromatic N) is 2. The van der Waals surface area contributed by atoms with E-state index in [4.69, 9.17) is 5.73 Å². The maximum Gasteiger partial charge on any atom is 0.254 e. The largest absolute Gasteiger partial charge is 0.334 e. The van der Waals surface area contributed by atoms with Crippen LogP contribution in [-0.4, -0.2) is 55.8 Å². The van der Waals surface area contributed by atoms with Crippen molar-refractivity contribution in [1.29, 1.82) is 0 Å². The number of sulfonamides is 1. The predicted molar refractivity (Wildman–Crippen MR) is 101 cm³/mol. The quantitative estimate of drug-likeness (QED) is 0.868. The molecule has 1 aromatic carbocycles. The molecular weight excluding hydrogens is 350 g/mol. The predicted octanol–water partition coefficient (Wildman–Crippen LogP) is 2.06. The zero-order chi connectivity index (χ0) is 18.7. The Morgan fingerprint density at radius 2 is 1.77 bits per heavy atom. The van der Waals surface area contributed by atoms with Crippen molar-refractivity contribution >= 4 is 15.9 Å². The minimum Gasteiger partial charge on any atom is -0.334 e. The van der Waals surface area contributed by atoms with Gasteiger partial charge >= 0.3 is 0 Å². The molecule has 2 fully saturated rings. The van der Waals surface area contributed by atoms with Crippen LogP contribution >= 0.6 is 0 Å². The number of benzene rings is 1. The second kappa shape index (κ2) is 8.06. The van der Waals surface area contributed by atoms with E-state index in [1.165, 1.54) is 0 Å². The Hall–Kier alpha value is -1.44. The monoisotopic (exact) mass is 379 g/mol. The van der Waals surface area contributed by atoms with Crippen LogP contribution in [0.5, 0.6) is 0 Å². The van der Waals surface area contributed by atoms with Gasteiger partial charge in [-0.15, -0.1) is 0 Å². The van der Waals surface area contributed by atoms with Gasteiger partial charge in [0.1, 0.15) is 0 Å². The van der Waals surface area contributed by atoms with Crippen LogP contribution in [0.15, 0.2) is 29.2 Å². The molecule has 0 aromatic heterocycles. The fraction of sp³-hybridized carbons (Fsp3) is 0.632. The third-order valence-electron chi connectivity index (χ3n) is 5.57. The molecule has 2 aliphatic heterocycles. The number of piperidine rings is 2. The SMILES string of the molecule is CC1CCN(C(=O)c2ccc(S(=O)(=O)N3CCCCC3)cc2)C(CN)C1. The third kappa shape index (κ3) is 3.94. The fourth-order valence-electron chi connectivity index (χ4n) is 3.93. The maximum atomic E-state index is 12.8. The lowest BCUT2D eigenvalue weighted by Gasteiger charge is -2.38. The van der Waals surface area contributed by atoms with E-state index in [1.54, 1.807) is 28.6 Å². The highest BCUT2D eigenvalue weighted by Gasteiger charge is 2.30. The summed E-state index contributed by atoms with van der Waals surface area (Å²) in [6, 6.07) is 6.43. The smallest absolute Gasteiger partial charge is 0.254 e. The lowest BCUT2D eigenvalue weighted by Crippen LogP contribution is -2.49. The van der Waals surface area contributed by atoms with E-state index < -0.39 is 10.0 Å². The van der Waals surface area contributed by atoms with E-state index in [0.29, 0.717) is 37.7 Å². The van der Waals surface area contributed by atoms with Crippen LogP contribution < -0.4 is 5.73 Å². The number of carbonyl (C=O) groups is 1. The second-order valence-electron chi connectivity index (χ2n) is 7.51. The van der Waals surface area contributed by atoms with Crippen molar-refractivity contribution in [3.8, 4) is 0 Å². The molecule has 3 rings (SSSR count). The molecule has 6 nitrogen and oxygen atoms in total. The molecule has 2 aliphatic rings. The average molecular weight is 380 g/mol. The molecule has 26 heavy (non-hydrogen) atoms. The molecule has 2 unspecified atom stereocenters. The highest BCUT2D eigenvalue weighted by molar-refractivity contribution is 7.89. The van der Waals surface area contributed by atoms with E-state index >= 15 is 0 Å². The minimum absolute atomic E-state index is 0.0583. The van der Waals surface area contributed by atoms with E-state index in [9.17, 15) is 13.2 Å². The van der Waals surface area contributed by atoms with Gasteiger partial charge in [0.05, 0.1) is 4.90 Å². The van der Waals surface area contributed by atoms with Gasteiger partial charge in [0.25, 0.3) is 5.91 Å². The molecule has 2 heterocycles. The summed E-state index contributed by atoms with van der Waals surface area (Å²) in [5, 5.41) is 0. The molecule has 2 saturated heterocycles. The summed E-state index contributed by atoms with van der Waals surface area (Å²) >= 11 is 0. The van der Waals surface area contributed by atoms with Crippen LogP contribution in [0.4, 0.5) is 0 Å². The molecule has 2 atom stereocenters. The van der Waals surface area contributed by atoms with Gasteiger partial charge in [0, 0.05) is 37.8 Å². The first kappa shape index (κ1) is 19.3. The van der Waals surface area contributed by atoms with Crippen molar-refractivity contribution in [2.75, 3.05) is 26.2 Å². The molecule has 7 heteroatoms. The summed E-state index contributed by atoms with van der Waals surface area (Å²) < 4.78 is 27.0. The molecule has 0 saturated carbocycles. The molecule has 0 aliphatic carbocycles. The summed E-state index contributed by atoms with van der Waals surface area (Å²) in [4.78, 5) is 15.0. The number of hydrogen-bond acceptors (Lipinski definition) is 4. The third-order valence-corrected chi connectivity index (χ3v) is 7.48. The number of carbonyl (C=O) groups excluding carboxylic acids is 1. The minimum atomic E-state index is -3.46. The van der Waals surface area contributed by atoms with E-state index in [2.05, 4.69) is 6.92 Å². The van der Waals surface area contributed by atoms with Crippen molar-refractivity contribution < 1.29 is 13.2 Å². The Bertz CT molecular complexity index is 727. The van der Waals surface area contributed by atoms with E-state index in [0.717, 1.165) is 32.1 Å². The first-order valence-corrected chi connectivity index (χ1v) is 11.0. The van der Waals surface area contributed by atoms with Crippen LogP contribution in [0, 0.1) is 5.92 Å². The van der Waals surface area contributed by atoms with Crippen LogP contribution in [-0.2, 0) is 10.0 Å². The highest BCUT2D eigenvalue weighted by Crippen LogP contribution is 2.25. The number of hydrogen-bond donors (Lipinski definition) is 1. The van der Waals surface area contributed by atoms with E-state index in [-0.39, 0.29) is 16.8 Å². The molecule has 0 radical (unpaired) electrons. The molecule has 1 aromatic rings. The summed E-state index contributed by atoms with van der Waals surface area (Å²) in [5.74, 6) is 0.513. The Morgan fingerprint density at radius 3 is 2.38 bits per heavy atom. The van der Waals surface area contributed by atoms with Crippen molar-refractivity contribution in [2.45, 2.75) is 50.0 Å². The van der Waals surface area contributed by atoms with Gasteiger partial charge < -0.3 is 10.6 Å². The standard InChI is InChI=1S/C19H29N3O3S/c1-15-9-12-22(17(13-15)14-20)19(23)16-5-7-18(8-6-16)26(24,25)21-10-3-2-4-11-21/h5-8,15,17H,2-4,9-14,20H2,1H3. The van der Waals surface area contributed by atoms with Gasteiger partial charge in [0.2, 0.25) is 10.0 Å². The number of nitrogens with two attached hydrogens (primary N) is 1. The number of amides is 1. The molecule has 1 amide bonds. The fourth-order valence-corrected chi connectivity index (χ4v) is 5.45. The van der Waals surface area contributed by atoms with Crippen molar-refractivity contribution in [2.24, 2.45) is 11.7 Å². The summed E-state index contributed by atoms with van der Waals surface area (Å²) in [5.41, 5.74) is 6.38. The Balaban J connectivity index is 1.75. The van der Waals surface area contributed by atoms with E-state index in [1.807, 2.05) is 4.90 Å². The van der Waals surface area contributed by atoms with Crippen LogP contribution in [0.25, 0.3) is 0 Å². The average Bonchev–Trinajstić information content (AvgIpc) is 2.68. The van der Waals surface area contributed by atoms with Crippen LogP contribution in [0.2, 0.25) is 0 Å². The van der Waals surface area contributed by atoms with Crippen molar-refractivity contribution in [3.63, 3.8) is 0 Å². The topological polar surface area (TPSA) is 83.7 Å². The summed E-state index contributed by atoms with van der Waals surface area (Å²) in [6.07, 6.45) is 4.79. The first-order valence-electron chi connectivity index (χ1n) is 9.54. The highest BCUT2D eigenvalue weighted by atomic mass is 32.2. The molecule has 144 valence electrons. The van der Waals surface area contributed by atoms with Gasteiger partial charge in [-0.05, 0) is 55.9 Å². The Morgan fingerprint density at radius 1 is 1.12 bits per heavy atom. The van der Waals surface area contributed by atoms with Gasteiger partial charge in [-0.3, -0.25) is 4.79 Å². The van der Waals surface area contributed by atoms with Crippen molar-refractivity contribution in [3.05, 3.63) is 29.8 Å². The van der Waals surface area contributed by atoms with Gasteiger partial charge in [-0.2, -0.15) is 4.31 Å². The zero-order valence-electron chi connectivity index (χ0n) is 15.4. The van der Waals surface area contributed by atoms with Crippen molar-refractivity contribution in [1.82, 2.24) is 9.21 Å². The summed E-state index contributed by atoms with van der Waals surface area (Å²) in [7, 11) is -3.46. The van der Waals surface area contributed by atoms with Gasteiger partial charge in [0.15, 0.2) is 0 Å². The number of rotatable bonds is 4.